The minimum absolute atomic E-state index is 0.0488. The van der Waals surface area contributed by atoms with Crippen LogP contribution in [-0.4, -0.2) is 57.2 Å². The zero-order valence-electron chi connectivity index (χ0n) is 17.9. The van der Waals surface area contributed by atoms with E-state index in [1.165, 1.54) is 4.88 Å². The zero-order chi connectivity index (χ0) is 21.8. The lowest BCUT2D eigenvalue weighted by Crippen LogP contribution is -2.40. The fraction of sp³-hybridized carbons (Fsp3) is 0.478. The van der Waals surface area contributed by atoms with Gasteiger partial charge in [-0.1, -0.05) is 6.07 Å². The number of ether oxygens (including phenoxy) is 3. The number of morpholine rings is 1. The summed E-state index contributed by atoms with van der Waals surface area (Å²) >= 11 is 1.58. The first-order chi connectivity index (χ1) is 15.1. The molecule has 1 N–H and O–H groups in total. The topological polar surface area (TPSA) is 77.1 Å². The number of nitrogens with zero attached hydrogens (tertiary/aromatic N) is 1. The van der Waals surface area contributed by atoms with Gasteiger partial charge in [0.05, 0.1) is 32.3 Å². The Morgan fingerprint density at radius 3 is 2.68 bits per heavy atom. The van der Waals surface area contributed by atoms with E-state index < -0.39 is 0 Å². The average molecular weight is 445 g/mol. The summed E-state index contributed by atoms with van der Waals surface area (Å²) in [6.07, 6.45) is 2.32. The number of fused-ring (bicyclic) bond motifs is 1. The largest absolute Gasteiger partial charge is 0.493 e. The summed E-state index contributed by atoms with van der Waals surface area (Å²) in [5, 5.41) is 3.05. The highest BCUT2D eigenvalue weighted by Crippen LogP contribution is 2.33. The molecule has 166 valence electrons. The zero-order valence-corrected chi connectivity index (χ0v) is 18.8. The third-order valence-electron chi connectivity index (χ3n) is 5.88. The minimum Gasteiger partial charge on any atom is -0.493 e. The molecule has 2 amide bonds. The van der Waals surface area contributed by atoms with Gasteiger partial charge in [-0.3, -0.25) is 9.59 Å². The number of aryl methyl sites for hydroxylation is 1. The summed E-state index contributed by atoms with van der Waals surface area (Å²) in [7, 11) is 3.19. The van der Waals surface area contributed by atoms with Crippen molar-refractivity contribution in [3.63, 3.8) is 0 Å². The maximum Gasteiger partial charge on any atom is 0.264 e. The number of methoxy groups -OCH3 is 2. The van der Waals surface area contributed by atoms with Gasteiger partial charge in [-0.05, 0) is 48.6 Å². The first kappa shape index (κ1) is 21.6. The molecule has 2 aliphatic rings. The number of carbonyl (C=O) groups excluding carboxylic acids is 2. The van der Waals surface area contributed by atoms with E-state index in [1.807, 2.05) is 29.2 Å². The second-order valence-corrected chi connectivity index (χ2v) is 8.95. The van der Waals surface area contributed by atoms with Crippen molar-refractivity contribution in [1.82, 2.24) is 10.2 Å². The van der Waals surface area contributed by atoms with Crippen molar-refractivity contribution < 1.29 is 23.8 Å². The van der Waals surface area contributed by atoms with Crippen LogP contribution in [0.1, 0.15) is 32.1 Å². The van der Waals surface area contributed by atoms with Gasteiger partial charge in [0.2, 0.25) is 5.91 Å². The quantitative estimate of drug-likeness (QED) is 0.741. The molecular weight excluding hydrogens is 416 g/mol. The van der Waals surface area contributed by atoms with Crippen molar-refractivity contribution in [2.24, 2.45) is 5.92 Å². The number of hydrogen-bond donors (Lipinski definition) is 1. The van der Waals surface area contributed by atoms with Gasteiger partial charge in [-0.2, -0.15) is 0 Å². The predicted octanol–water partition coefficient (Wildman–Crippen LogP) is 2.66. The molecule has 31 heavy (non-hydrogen) atoms. The van der Waals surface area contributed by atoms with E-state index in [1.54, 1.807) is 25.6 Å². The molecule has 0 bridgehead atoms. The predicted molar refractivity (Wildman–Crippen MR) is 118 cm³/mol. The molecule has 2 heterocycles. The van der Waals surface area contributed by atoms with Gasteiger partial charge < -0.3 is 24.4 Å². The Labute approximate surface area is 186 Å². The molecule has 1 fully saturated rings. The van der Waals surface area contributed by atoms with Crippen LogP contribution in [-0.2, 0) is 28.9 Å². The Morgan fingerprint density at radius 2 is 1.94 bits per heavy atom. The second-order valence-electron chi connectivity index (χ2n) is 7.81. The molecule has 1 aromatic carbocycles. The van der Waals surface area contributed by atoms with Crippen molar-refractivity contribution in [2.75, 3.05) is 40.5 Å². The number of carbonyl (C=O) groups is 2. The fourth-order valence-electron chi connectivity index (χ4n) is 4.10. The molecule has 8 heteroatoms. The summed E-state index contributed by atoms with van der Waals surface area (Å²) in [6.45, 7) is 2.91. The Hall–Kier alpha value is -2.58. The first-order valence-corrected chi connectivity index (χ1v) is 11.4. The summed E-state index contributed by atoms with van der Waals surface area (Å²) in [5.74, 6) is 1.36. The van der Waals surface area contributed by atoms with E-state index in [-0.39, 0.29) is 17.7 Å². The van der Waals surface area contributed by atoms with Crippen LogP contribution >= 0.6 is 11.3 Å². The lowest BCUT2D eigenvalue weighted by molar-refractivity contribution is -0.125. The molecule has 1 unspecified atom stereocenters. The molecule has 2 aromatic rings. The molecule has 0 radical (unpaired) electrons. The van der Waals surface area contributed by atoms with Gasteiger partial charge in [0.1, 0.15) is 0 Å². The average Bonchev–Trinajstić information content (AvgIpc) is 3.25. The third-order valence-corrected chi connectivity index (χ3v) is 7.10. The summed E-state index contributed by atoms with van der Waals surface area (Å²) in [6, 6.07) is 7.63. The van der Waals surface area contributed by atoms with Gasteiger partial charge in [0.15, 0.2) is 11.5 Å². The van der Waals surface area contributed by atoms with Crippen molar-refractivity contribution in [3.8, 4) is 11.5 Å². The van der Waals surface area contributed by atoms with Crippen LogP contribution in [0, 0.1) is 5.92 Å². The SMILES string of the molecule is COc1ccc(CNC(=O)C2CCc3sc(C(=O)N4CCOCC4)cc3C2)cc1OC. The number of hydrogen-bond acceptors (Lipinski definition) is 6. The first-order valence-electron chi connectivity index (χ1n) is 10.6. The number of benzene rings is 1. The van der Waals surface area contributed by atoms with E-state index in [9.17, 15) is 9.59 Å². The van der Waals surface area contributed by atoms with E-state index in [4.69, 9.17) is 14.2 Å². The maximum absolute atomic E-state index is 12.8. The van der Waals surface area contributed by atoms with Crippen LogP contribution in [0.15, 0.2) is 24.3 Å². The van der Waals surface area contributed by atoms with Gasteiger partial charge in [0, 0.05) is 30.4 Å². The standard InChI is InChI=1S/C23H28N2O5S/c1-28-18-5-3-15(11-19(18)29-2)14-24-22(26)16-4-6-20-17(12-16)13-21(31-20)23(27)25-7-9-30-10-8-25/h3,5,11,13,16H,4,6-10,12,14H2,1-2H3,(H,24,26). The van der Waals surface area contributed by atoms with Crippen LogP contribution < -0.4 is 14.8 Å². The number of amides is 2. The lowest BCUT2D eigenvalue weighted by atomic mass is 9.87. The van der Waals surface area contributed by atoms with Crippen LogP contribution in [0.2, 0.25) is 0 Å². The molecule has 1 aromatic heterocycles. The molecule has 1 aliphatic heterocycles. The molecule has 4 rings (SSSR count). The smallest absolute Gasteiger partial charge is 0.264 e. The molecule has 1 atom stereocenters. The summed E-state index contributed by atoms with van der Waals surface area (Å²) in [5.41, 5.74) is 2.09. The Bertz CT molecular complexity index is 951. The van der Waals surface area contributed by atoms with Gasteiger partial charge in [-0.25, -0.2) is 0 Å². The van der Waals surface area contributed by atoms with Crippen molar-refractivity contribution in [3.05, 3.63) is 45.1 Å². The highest BCUT2D eigenvalue weighted by molar-refractivity contribution is 7.14. The van der Waals surface area contributed by atoms with Crippen molar-refractivity contribution in [2.45, 2.75) is 25.8 Å². The Balaban J connectivity index is 1.35. The molecule has 1 saturated heterocycles. The normalized spacial score (nSPS) is 18.3. The lowest BCUT2D eigenvalue weighted by Gasteiger charge is -2.26. The van der Waals surface area contributed by atoms with E-state index in [2.05, 4.69) is 5.32 Å². The van der Waals surface area contributed by atoms with E-state index in [0.29, 0.717) is 50.8 Å². The van der Waals surface area contributed by atoms with Crippen LogP contribution in [0.3, 0.4) is 0 Å². The van der Waals surface area contributed by atoms with Gasteiger partial charge in [0.25, 0.3) is 5.91 Å². The van der Waals surface area contributed by atoms with E-state index in [0.717, 1.165) is 28.8 Å². The second kappa shape index (κ2) is 9.70. The Kier molecular flexibility index (Phi) is 6.77. The van der Waals surface area contributed by atoms with Gasteiger partial charge in [-0.15, -0.1) is 11.3 Å². The number of thiophene rings is 1. The highest BCUT2D eigenvalue weighted by atomic mass is 32.1. The molecule has 0 saturated carbocycles. The van der Waals surface area contributed by atoms with Gasteiger partial charge >= 0.3 is 0 Å². The van der Waals surface area contributed by atoms with Crippen LogP contribution in [0.25, 0.3) is 0 Å². The van der Waals surface area contributed by atoms with Crippen molar-refractivity contribution >= 4 is 23.2 Å². The summed E-state index contributed by atoms with van der Waals surface area (Å²) < 4.78 is 15.9. The van der Waals surface area contributed by atoms with E-state index >= 15 is 0 Å². The Morgan fingerprint density at radius 1 is 1.16 bits per heavy atom. The molecular formula is C23H28N2O5S. The fourth-order valence-corrected chi connectivity index (χ4v) is 5.28. The maximum atomic E-state index is 12.8. The number of nitrogens with one attached hydrogen (secondary N) is 1. The highest BCUT2D eigenvalue weighted by Gasteiger charge is 2.29. The molecule has 7 nitrogen and oxygen atoms in total. The monoisotopic (exact) mass is 444 g/mol. The summed E-state index contributed by atoms with van der Waals surface area (Å²) in [4.78, 5) is 29.4. The van der Waals surface area contributed by atoms with Crippen LogP contribution in [0.4, 0.5) is 0 Å². The number of rotatable bonds is 6. The van der Waals surface area contributed by atoms with Crippen molar-refractivity contribution in [1.29, 1.82) is 0 Å². The molecule has 0 spiro atoms. The third kappa shape index (κ3) is 4.85. The molecule has 1 aliphatic carbocycles. The minimum atomic E-state index is -0.0754. The van der Waals surface area contributed by atoms with Crippen LogP contribution in [0.5, 0.6) is 11.5 Å².